The molecule has 148 heavy (non-hydrogen) atoms. The average Bonchev–Trinajstić information content (AvgIpc) is 1.63. The summed E-state index contributed by atoms with van der Waals surface area (Å²) in [6.45, 7) is 50.2. The van der Waals surface area contributed by atoms with Crippen molar-refractivity contribution in [3.8, 4) is 0 Å². The number of hydrogen-bond donors (Lipinski definition) is 8. The molecule has 11 saturated carbocycles. The molecule has 0 aromatic heterocycles. The van der Waals surface area contributed by atoms with Crippen LogP contribution in [-0.2, 0) is 38.4 Å². The SMILES string of the molecule is CNC1CC(C)(C)CCN(C2CC3CCC(C3)C2)C1=O.CNC1CC(C)(C)CCN(C2CC3CCC2C3)C1=O.CNC1CC(C)(C)CCN(CC2CC2)C1=O.CNC1CC(C)(C)CCN(CC2CCC2)C1=O.CNC1CC(C)(C)CCN(CC2CCC3CC32)C1=O.CNC1CC(C)(C)CCN(CC2CCCC2)C1=O.CNC1CC(C)(C)CCN(CC2CCCCC2)C1=O.CNC1CC(C)(C)CCN(CC2CCCCCC2)C1=O. The van der Waals surface area contributed by atoms with Crippen LogP contribution >= 0.6 is 0 Å². The van der Waals surface area contributed by atoms with Crippen molar-refractivity contribution in [2.75, 3.05) is 148 Å². The Kier molecular flexibility index (Phi) is 45.4. The Labute approximate surface area is 903 Å². The minimum Gasteiger partial charge on any atom is -0.341 e. The third kappa shape index (κ3) is 36.2. The molecule has 24 heteroatoms. The first-order chi connectivity index (χ1) is 70.1. The molecule has 0 spiro atoms. The fraction of sp³-hybridized carbons (Fsp3) is 0.935. The zero-order chi connectivity index (χ0) is 107. The van der Waals surface area contributed by atoms with E-state index in [-0.39, 0.29) is 91.7 Å². The monoisotopic (exact) mass is 2070 g/mol. The van der Waals surface area contributed by atoms with Crippen molar-refractivity contribution in [2.24, 2.45) is 114 Å². The van der Waals surface area contributed by atoms with Crippen LogP contribution in [0.4, 0.5) is 0 Å². The number of carbonyl (C=O) groups excluding carboxylic acids is 8. The molecule has 19 rings (SSSR count). The number of amides is 8. The second-order valence-corrected chi connectivity index (χ2v) is 58.1. The highest BCUT2D eigenvalue weighted by molar-refractivity contribution is 5.86. The summed E-state index contributed by atoms with van der Waals surface area (Å²) in [4.78, 5) is 118. The zero-order valence-corrected chi connectivity index (χ0v) is 99.4. The molecule has 0 aromatic carbocycles. The van der Waals surface area contributed by atoms with Crippen molar-refractivity contribution in [1.82, 2.24) is 81.7 Å². The summed E-state index contributed by atoms with van der Waals surface area (Å²) in [5.41, 5.74) is 2.18. The zero-order valence-electron chi connectivity index (χ0n) is 99.4. The van der Waals surface area contributed by atoms with Crippen LogP contribution in [0.1, 0.15) is 419 Å². The van der Waals surface area contributed by atoms with E-state index < -0.39 is 0 Å². The molecule has 0 aromatic rings. The molecule has 8 N–H and O–H groups in total. The van der Waals surface area contributed by atoms with Gasteiger partial charge in [-0.3, -0.25) is 38.4 Å². The second kappa shape index (κ2) is 55.1. The number of hydrogen-bond acceptors (Lipinski definition) is 16. The lowest BCUT2D eigenvalue weighted by Gasteiger charge is -2.38. The van der Waals surface area contributed by atoms with E-state index in [1.807, 2.05) is 56.4 Å². The minimum atomic E-state index is 0.0123. The van der Waals surface area contributed by atoms with E-state index in [1.165, 1.54) is 205 Å². The number of likely N-dealkylation sites (tertiary alicyclic amines) is 8. The normalized spacial score (nSPS) is 34.1. The Hall–Kier alpha value is -4.56. The molecule has 24 nitrogen and oxygen atoms in total. The number of likely N-dealkylation sites (N-methyl/N-ethyl adjacent to an activating group) is 8. The van der Waals surface area contributed by atoms with Gasteiger partial charge < -0.3 is 81.7 Å². The molecule has 11 aliphatic carbocycles. The fourth-order valence-corrected chi connectivity index (χ4v) is 29.9. The molecule has 19 aliphatic rings. The van der Waals surface area contributed by atoms with Crippen molar-refractivity contribution < 1.29 is 38.4 Å². The van der Waals surface area contributed by atoms with E-state index in [0.29, 0.717) is 59.3 Å². The van der Waals surface area contributed by atoms with E-state index in [9.17, 15) is 38.4 Å². The molecule has 16 atom stereocenters. The van der Waals surface area contributed by atoms with Crippen molar-refractivity contribution in [1.29, 1.82) is 0 Å². The largest absolute Gasteiger partial charge is 0.341 e. The van der Waals surface area contributed by atoms with E-state index in [4.69, 9.17) is 0 Å². The van der Waals surface area contributed by atoms with E-state index >= 15 is 0 Å². The summed E-state index contributed by atoms with van der Waals surface area (Å²) in [5.74, 6) is 12.8. The van der Waals surface area contributed by atoms with E-state index in [2.05, 4.69) is 193 Å². The highest BCUT2D eigenvalue weighted by atomic mass is 16.2. The third-order valence-corrected chi connectivity index (χ3v) is 40.9. The predicted octanol–water partition coefficient (Wildman–Crippen LogP) is 19.5. The molecular formula is C124H226N16O8. The van der Waals surface area contributed by atoms with Crippen molar-refractivity contribution in [3.63, 3.8) is 0 Å². The van der Waals surface area contributed by atoms with Crippen LogP contribution in [0.3, 0.4) is 0 Å². The smallest absolute Gasteiger partial charge is 0.239 e. The van der Waals surface area contributed by atoms with Gasteiger partial charge in [-0.1, -0.05) is 194 Å². The van der Waals surface area contributed by atoms with Gasteiger partial charge in [-0.25, -0.2) is 0 Å². The maximum absolute atomic E-state index is 12.9. The van der Waals surface area contributed by atoms with Gasteiger partial charge in [0.1, 0.15) is 0 Å². The van der Waals surface area contributed by atoms with Gasteiger partial charge in [0, 0.05) is 104 Å². The molecule has 4 bridgehead atoms. The van der Waals surface area contributed by atoms with Crippen LogP contribution in [0.25, 0.3) is 0 Å². The van der Waals surface area contributed by atoms with Gasteiger partial charge in [-0.05, 0) is 395 Å². The first-order valence-electron chi connectivity index (χ1n) is 61.8. The molecular weight excluding hydrogens is 1840 g/mol. The Morgan fingerprint density at radius 2 is 0.453 bits per heavy atom. The first-order valence-corrected chi connectivity index (χ1v) is 61.8. The van der Waals surface area contributed by atoms with Gasteiger partial charge in [0.2, 0.25) is 47.3 Å². The van der Waals surface area contributed by atoms with Crippen LogP contribution < -0.4 is 42.5 Å². The van der Waals surface area contributed by atoms with Crippen LogP contribution in [-0.4, -0.2) is 295 Å². The predicted molar refractivity (Wildman–Crippen MR) is 607 cm³/mol. The Morgan fingerprint density at radius 3 is 0.703 bits per heavy atom. The lowest BCUT2D eigenvalue weighted by atomic mass is 9.83. The number of rotatable bonds is 22. The van der Waals surface area contributed by atoms with Crippen molar-refractivity contribution in [2.45, 2.75) is 479 Å². The summed E-state index contributed by atoms with van der Waals surface area (Å²) >= 11 is 0. The average molecular weight is 2070 g/mol. The summed E-state index contributed by atoms with van der Waals surface area (Å²) < 4.78 is 0. The summed E-state index contributed by atoms with van der Waals surface area (Å²) in [7, 11) is 15.4. The molecule has 0 radical (unpaired) electrons. The van der Waals surface area contributed by atoms with E-state index in [1.54, 1.807) is 0 Å². The van der Waals surface area contributed by atoms with Gasteiger partial charge in [0.25, 0.3) is 0 Å². The van der Waals surface area contributed by atoms with Crippen molar-refractivity contribution >= 4 is 47.3 Å². The Bertz CT molecular complexity index is 4110. The lowest BCUT2D eigenvalue weighted by molar-refractivity contribution is -0.137. The van der Waals surface area contributed by atoms with Crippen molar-refractivity contribution in [3.05, 3.63) is 0 Å². The molecule has 850 valence electrons. The fourth-order valence-electron chi connectivity index (χ4n) is 29.9. The van der Waals surface area contributed by atoms with Gasteiger partial charge >= 0.3 is 0 Å². The topological polar surface area (TPSA) is 259 Å². The second-order valence-electron chi connectivity index (χ2n) is 58.1. The molecule has 8 heterocycles. The molecule has 8 amide bonds. The number of nitrogens with zero attached hydrogens (tertiary/aromatic N) is 8. The van der Waals surface area contributed by atoms with Crippen LogP contribution in [0.2, 0.25) is 0 Å². The summed E-state index contributed by atoms with van der Waals surface area (Å²) in [5, 5.41) is 25.8. The molecule has 8 saturated heterocycles. The maximum atomic E-state index is 12.9. The standard InChI is InChI=1S/C17H30N2O.C17H32N2O.2C16H28N2O.C16H30N2O.C15H28N2O.C14H26N2O.C13H24N2O/c1-17(2)6-7-19(16(20)15(11-17)18-3)14-9-12-4-5-13(8-12)10-14;1-17(2)10-11-19(16(20)15(12-17)18-3)13-14-8-6-4-5-7-9-14;1-16(2)6-7-18(15(19)14(9-16)17-3)10-12-5-4-11-8-13(11)12;1-16(2)6-7-18(15(19)13(10-16)17-3)14-9-11-4-5-12(14)8-11;1-16(2)9-10-18(15(19)14(11-16)17-3)12-13-7-5-4-6-8-13;1-15(2)8-9-17(11-12-6-4-5-7-12)14(18)13(10-15)16-3;1-14(2)7-8-16(10-11-5-4-6-11)13(17)12(9-14)15-3;1-13(2)6-7-15(9-10-4-5-10)12(16)11(8-13)14-3/h12-15,18H,4-11H2,1-3H3;14-15,18H,4-13H2,1-3H3;2*11-14,17H,4-10H2,1-3H3;13-14,17H,4-12H2,1-3H3;12-13,16H,4-11H2,1-3H3;11-12,15H,4-10H2,1-3H3;10-11,14H,4-9H2,1-3H3. The Balaban J connectivity index is 0.000000150. The van der Waals surface area contributed by atoms with Gasteiger partial charge in [-0.2, -0.15) is 0 Å². The highest BCUT2D eigenvalue weighted by Crippen LogP contribution is 2.56. The molecule has 8 aliphatic heterocycles. The van der Waals surface area contributed by atoms with Crippen LogP contribution in [0, 0.1) is 114 Å². The Morgan fingerprint density at radius 1 is 0.216 bits per heavy atom. The number of fused-ring (bicyclic) bond motifs is 5. The van der Waals surface area contributed by atoms with Crippen LogP contribution in [0.5, 0.6) is 0 Å². The molecule has 16 unspecified atom stereocenters. The van der Waals surface area contributed by atoms with Gasteiger partial charge in [0.15, 0.2) is 0 Å². The van der Waals surface area contributed by atoms with Gasteiger partial charge in [0.05, 0.1) is 48.3 Å². The quantitative estimate of drug-likeness (QED) is 0.0469. The van der Waals surface area contributed by atoms with Crippen LogP contribution in [0.15, 0.2) is 0 Å². The number of carbonyl (C=O) groups is 8. The minimum absolute atomic E-state index is 0.0123. The molecule has 19 fully saturated rings. The lowest BCUT2D eigenvalue weighted by Crippen LogP contribution is -2.50. The number of nitrogens with one attached hydrogen (secondary N) is 8. The van der Waals surface area contributed by atoms with Gasteiger partial charge in [-0.15, -0.1) is 0 Å². The summed E-state index contributed by atoms with van der Waals surface area (Å²) in [6, 6.07) is 1.24. The maximum Gasteiger partial charge on any atom is 0.239 e. The van der Waals surface area contributed by atoms with E-state index in [0.717, 1.165) is 265 Å². The first kappa shape index (κ1) is 122. The highest BCUT2D eigenvalue weighted by Gasteiger charge is 2.52. The third-order valence-electron chi connectivity index (χ3n) is 40.9. The summed E-state index contributed by atoms with van der Waals surface area (Å²) in [6.07, 6.45) is 60.0.